The predicted molar refractivity (Wildman–Crippen MR) is 99.5 cm³/mol. The van der Waals surface area contributed by atoms with Crippen molar-refractivity contribution in [1.29, 1.82) is 0 Å². The molecule has 7 nitrogen and oxygen atoms in total. The Hall–Kier alpha value is -3.35. The summed E-state index contributed by atoms with van der Waals surface area (Å²) >= 11 is 0. The van der Waals surface area contributed by atoms with Crippen molar-refractivity contribution in [2.24, 2.45) is 0 Å². The van der Waals surface area contributed by atoms with Crippen molar-refractivity contribution in [3.05, 3.63) is 65.7 Å². The van der Waals surface area contributed by atoms with Crippen LogP contribution in [0, 0.1) is 0 Å². The van der Waals surface area contributed by atoms with Crippen LogP contribution in [0.15, 0.2) is 54.6 Å². The van der Waals surface area contributed by atoms with Gasteiger partial charge in [-0.3, -0.25) is 14.4 Å². The summed E-state index contributed by atoms with van der Waals surface area (Å²) in [6.45, 7) is 1.35. The van der Waals surface area contributed by atoms with Crippen molar-refractivity contribution in [2.45, 2.75) is 18.9 Å². The van der Waals surface area contributed by atoms with E-state index in [-0.39, 0.29) is 18.9 Å². The van der Waals surface area contributed by atoms with E-state index in [0.29, 0.717) is 16.9 Å². The number of hydrogen-bond donors (Lipinski definition) is 3. The van der Waals surface area contributed by atoms with Gasteiger partial charge in [0.05, 0.1) is 25.6 Å². The number of ether oxygens (including phenoxy) is 1. The van der Waals surface area contributed by atoms with Crippen LogP contribution in [-0.4, -0.2) is 36.5 Å². The molecule has 3 N–H and O–H groups in total. The van der Waals surface area contributed by atoms with Crippen molar-refractivity contribution < 1.29 is 24.2 Å². The topological polar surface area (TPSA) is 105 Å². The van der Waals surface area contributed by atoms with E-state index in [2.05, 4.69) is 10.6 Å². The van der Waals surface area contributed by atoms with Gasteiger partial charge in [0.1, 0.15) is 5.75 Å². The zero-order valence-electron chi connectivity index (χ0n) is 15.2. The second kappa shape index (κ2) is 8.84. The minimum absolute atomic E-state index is 0.271. The molecule has 27 heavy (non-hydrogen) atoms. The molecule has 0 aliphatic heterocycles. The molecule has 0 spiro atoms. The summed E-state index contributed by atoms with van der Waals surface area (Å²) in [5.74, 6) is -1.39. The molecular formula is C20H22N2O5. The lowest BCUT2D eigenvalue weighted by Gasteiger charge is -2.30. The van der Waals surface area contributed by atoms with Gasteiger partial charge in [-0.25, -0.2) is 0 Å². The molecule has 2 aromatic carbocycles. The molecule has 1 atom stereocenters. The minimum Gasteiger partial charge on any atom is -0.497 e. The van der Waals surface area contributed by atoms with E-state index in [1.807, 2.05) is 0 Å². The van der Waals surface area contributed by atoms with Crippen molar-refractivity contribution >= 4 is 17.8 Å². The molecule has 7 heteroatoms. The Kier molecular flexibility index (Phi) is 6.54. The van der Waals surface area contributed by atoms with Crippen LogP contribution in [0.1, 0.15) is 29.3 Å². The van der Waals surface area contributed by atoms with Crippen molar-refractivity contribution in [2.75, 3.05) is 13.7 Å². The van der Waals surface area contributed by atoms with Crippen LogP contribution in [0.25, 0.3) is 0 Å². The first-order valence-electron chi connectivity index (χ1n) is 8.34. The number of amides is 2. The fraction of sp³-hybridized carbons (Fsp3) is 0.250. The zero-order valence-corrected chi connectivity index (χ0v) is 15.2. The molecule has 0 aliphatic carbocycles. The van der Waals surface area contributed by atoms with Gasteiger partial charge in [0.2, 0.25) is 5.91 Å². The fourth-order valence-corrected chi connectivity index (χ4v) is 2.69. The van der Waals surface area contributed by atoms with Crippen LogP contribution in [0.4, 0.5) is 0 Å². The number of rotatable bonds is 8. The summed E-state index contributed by atoms with van der Waals surface area (Å²) in [5, 5.41) is 14.5. The highest BCUT2D eigenvalue weighted by atomic mass is 16.5. The summed E-state index contributed by atoms with van der Waals surface area (Å²) in [7, 11) is 1.51. The van der Waals surface area contributed by atoms with E-state index >= 15 is 0 Å². The molecular weight excluding hydrogens is 348 g/mol. The Morgan fingerprint density at radius 1 is 1.07 bits per heavy atom. The van der Waals surface area contributed by atoms with Crippen LogP contribution in [0.5, 0.6) is 5.75 Å². The maximum atomic E-state index is 12.4. The molecule has 0 aromatic heterocycles. The lowest BCUT2D eigenvalue weighted by Crippen LogP contribution is -2.48. The monoisotopic (exact) mass is 370 g/mol. The maximum Gasteiger partial charge on any atom is 0.306 e. The smallest absolute Gasteiger partial charge is 0.306 e. The molecule has 2 aromatic rings. The third-order valence-electron chi connectivity index (χ3n) is 4.07. The lowest BCUT2D eigenvalue weighted by atomic mass is 9.88. The predicted octanol–water partition coefficient (Wildman–Crippen LogP) is 1.93. The molecule has 0 bridgehead atoms. The largest absolute Gasteiger partial charge is 0.497 e. The van der Waals surface area contributed by atoms with Crippen LogP contribution in [0.2, 0.25) is 0 Å². The Balaban J connectivity index is 2.09. The molecule has 0 radical (unpaired) electrons. The molecule has 1 unspecified atom stereocenters. The Morgan fingerprint density at radius 3 is 2.41 bits per heavy atom. The highest BCUT2D eigenvalue weighted by Crippen LogP contribution is 2.27. The lowest BCUT2D eigenvalue weighted by molar-refractivity contribution is -0.139. The second-order valence-electron chi connectivity index (χ2n) is 6.23. The number of carboxylic acids is 1. The zero-order chi connectivity index (χ0) is 19.9. The number of carboxylic acid groups (broad SMARTS) is 1. The van der Waals surface area contributed by atoms with Crippen LogP contribution in [0.3, 0.4) is 0 Å². The van der Waals surface area contributed by atoms with Gasteiger partial charge >= 0.3 is 5.97 Å². The Labute approximate surface area is 157 Å². The van der Waals surface area contributed by atoms with E-state index in [9.17, 15) is 19.5 Å². The second-order valence-corrected chi connectivity index (χ2v) is 6.23. The highest BCUT2D eigenvalue weighted by Gasteiger charge is 2.32. The van der Waals surface area contributed by atoms with E-state index in [1.54, 1.807) is 61.5 Å². The highest BCUT2D eigenvalue weighted by molar-refractivity contribution is 5.96. The first-order chi connectivity index (χ1) is 12.8. The Bertz CT molecular complexity index is 822. The number of nitrogens with one attached hydrogen (secondary N) is 2. The molecule has 0 saturated heterocycles. The van der Waals surface area contributed by atoms with Crippen LogP contribution in [-0.2, 0) is 15.1 Å². The van der Waals surface area contributed by atoms with Gasteiger partial charge in [-0.15, -0.1) is 0 Å². The van der Waals surface area contributed by atoms with Gasteiger partial charge in [0, 0.05) is 5.56 Å². The number of methoxy groups -OCH3 is 1. The van der Waals surface area contributed by atoms with E-state index in [0.717, 1.165) is 0 Å². The van der Waals surface area contributed by atoms with Crippen molar-refractivity contribution in [1.82, 2.24) is 10.6 Å². The van der Waals surface area contributed by atoms with E-state index < -0.39 is 17.4 Å². The quantitative estimate of drug-likeness (QED) is 0.659. The number of hydrogen-bond acceptors (Lipinski definition) is 4. The summed E-state index contributed by atoms with van der Waals surface area (Å²) in [5.41, 5.74) is -0.132. The van der Waals surface area contributed by atoms with Gasteiger partial charge in [0.25, 0.3) is 5.91 Å². The first kappa shape index (κ1) is 20.0. The number of benzene rings is 2. The van der Waals surface area contributed by atoms with Gasteiger partial charge in [-0.2, -0.15) is 0 Å². The van der Waals surface area contributed by atoms with Gasteiger partial charge in [-0.1, -0.05) is 30.3 Å². The van der Waals surface area contributed by atoms with Crippen LogP contribution < -0.4 is 15.4 Å². The standard InChI is InChI=1S/C20H22N2O5/c1-20(12-18(24)25,15-9-6-10-16(11-15)27-2)22-17(23)13-21-19(26)14-7-4-3-5-8-14/h3-11H,12-13H2,1-2H3,(H,21,26)(H,22,23)(H,24,25). The average Bonchev–Trinajstić information content (AvgIpc) is 2.66. The molecule has 142 valence electrons. The summed E-state index contributed by atoms with van der Waals surface area (Å²) in [6.07, 6.45) is -0.321. The Morgan fingerprint density at radius 2 is 1.78 bits per heavy atom. The number of carbonyl (C=O) groups excluding carboxylic acids is 2. The summed E-state index contributed by atoms with van der Waals surface area (Å²) < 4.78 is 5.17. The van der Waals surface area contributed by atoms with E-state index in [1.165, 1.54) is 7.11 Å². The SMILES string of the molecule is COc1cccc(C(C)(CC(=O)O)NC(=O)CNC(=O)c2ccccc2)c1. The first-order valence-corrected chi connectivity index (χ1v) is 8.34. The third kappa shape index (κ3) is 5.57. The molecule has 0 saturated carbocycles. The third-order valence-corrected chi connectivity index (χ3v) is 4.07. The molecule has 2 rings (SSSR count). The van der Waals surface area contributed by atoms with E-state index in [4.69, 9.17) is 4.74 Å². The molecule has 0 heterocycles. The van der Waals surface area contributed by atoms with Crippen molar-refractivity contribution in [3.8, 4) is 5.75 Å². The van der Waals surface area contributed by atoms with Gasteiger partial charge < -0.3 is 20.5 Å². The summed E-state index contributed by atoms with van der Waals surface area (Å²) in [6, 6.07) is 15.3. The van der Waals surface area contributed by atoms with Gasteiger partial charge in [-0.05, 0) is 36.8 Å². The molecule has 0 aliphatic rings. The number of carbonyl (C=O) groups is 3. The number of aliphatic carboxylic acids is 1. The maximum absolute atomic E-state index is 12.4. The van der Waals surface area contributed by atoms with Gasteiger partial charge in [0.15, 0.2) is 0 Å². The fourth-order valence-electron chi connectivity index (χ4n) is 2.69. The molecule has 0 fully saturated rings. The minimum atomic E-state index is -1.16. The van der Waals surface area contributed by atoms with Crippen LogP contribution >= 0.6 is 0 Å². The normalized spacial score (nSPS) is 12.5. The molecule has 2 amide bonds. The summed E-state index contributed by atoms with van der Waals surface area (Å²) in [4.78, 5) is 35.7. The average molecular weight is 370 g/mol. The van der Waals surface area contributed by atoms with Crippen molar-refractivity contribution in [3.63, 3.8) is 0 Å².